The lowest BCUT2D eigenvalue weighted by Gasteiger charge is -2.06. The molecule has 0 aliphatic rings. The van der Waals surface area contributed by atoms with E-state index in [0.717, 1.165) is 10.9 Å². The van der Waals surface area contributed by atoms with Crippen LogP contribution >= 0.6 is 0 Å². The average molecular weight is 253 g/mol. The lowest BCUT2D eigenvalue weighted by Crippen LogP contribution is -1.97. The Hall–Kier alpha value is -2.62. The fourth-order valence-corrected chi connectivity index (χ4v) is 2.20. The Morgan fingerprint density at radius 2 is 1.89 bits per heavy atom. The van der Waals surface area contributed by atoms with Crippen molar-refractivity contribution < 1.29 is 14.3 Å². The quantitative estimate of drug-likeness (QED) is 0.759. The Labute approximate surface area is 109 Å². The lowest BCUT2D eigenvalue weighted by atomic mass is 9.99. The van der Waals surface area contributed by atoms with Crippen molar-refractivity contribution in [2.75, 3.05) is 0 Å². The van der Waals surface area contributed by atoms with Crippen molar-refractivity contribution in [3.63, 3.8) is 0 Å². The highest BCUT2D eigenvalue weighted by molar-refractivity contribution is 6.07. The van der Waals surface area contributed by atoms with Crippen LogP contribution < -0.4 is 0 Å². The summed E-state index contributed by atoms with van der Waals surface area (Å²) in [5.74, 6) is 0.295. The number of nitrogens with zero attached hydrogens (tertiary/aromatic N) is 1. The number of aromatic carboxylic acids is 1. The molecule has 0 spiro atoms. The molecule has 0 fully saturated rings. The van der Waals surface area contributed by atoms with Crippen LogP contribution in [0.25, 0.3) is 22.1 Å². The normalized spacial score (nSPS) is 10.8. The van der Waals surface area contributed by atoms with E-state index in [4.69, 9.17) is 4.42 Å². The second kappa shape index (κ2) is 4.24. The van der Waals surface area contributed by atoms with Gasteiger partial charge in [-0.1, -0.05) is 30.3 Å². The van der Waals surface area contributed by atoms with Crippen molar-refractivity contribution in [3.8, 4) is 11.3 Å². The highest BCUT2D eigenvalue weighted by atomic mass is 16.4. The van der Waals surface area contributed by atoms with Crippen molar-refractivity contribution in [1.29, 1.82) is 0 Å². The first-order valence-electron chi connectivity index (χ1n) is 5.84. The van der Waals surface area contributed by atoms with Gasteiger partial charge in [0.25, 0.3) is 0 Å². The maximum absolute atomic E-state index is 11.2. The average Bonchev–Trinajstić information content (AvgIpc) is 2.83. The molecule has 0 atom stereocenters. The van der Waals surface area contributed by atoms with Gasteiger partial charge in [-0.3, -0.25) is 0 Å². The Balaban J connectivity index is 2.33. The molecule has 0 bridgehead atoms. The molecule has 94 valence electrons. The second-order valence-electron chi connectivity index (χ2n) is 4.25. The molecule has 3 rings (SSSR count). The van der Waals surface area contributed by atoms with Gasteiger partial charge in [-0.05, 0) is 16.8 Å². The van der Waals surface area contributed by atoms with Crippen LogP contribution in [-0.2, 0) is 0 Å². The number of aromatic nitrogens is 1. The summed E-state index contributed by atoms with van der Waals surface area (Å²) in [4.78, 5) is 15.3. The van der Waals surface area contributed by atoms with Crippen LogP contribution in [0.1, 0.15) is 16.2 Å². The zero-order valence-corrected chi connectivity index (χ0v) is 10.3. The van der Waals surface area contributed by atoms with Crippen molar-refractivity contribution in [1.82, 2.24) is 4.98 Å². The fourth-order valence-electron chi connectivity index (χ4n) is 2.20. The molecule has 2 aromatic carbocycles. The van der Waals surface area contributed by atoms with Crippen LogP contribution in [0.15, 0.2) is 47.0 Å². The molecule has 0 aliphatic carbocycles. The summed E-state index contributed by atoms with van der Waals surface area (Å²) in [6.07, 6.45) is 1.65. The van der Waals surface area contributed by atoms with E-state index in [2.05, 4.69) is 4.98 Å². The predicted molar refractivity (Wildman–Crippen MR) is 71.1 cm³/mol. The highest BCUT2D eigenvalue weighted by Crippen LogP contribution is 2.30. The number of oxazole rings is 1. The third kappa shape index (κ3) is 1.87. The molecular formula is C15H11NO3. The molecule has 4 nitrogen and oxygen atoms in total. The van der Waals surface area contributed by atoms with Gasteiger partial charge in [0, 0.05) is 12.5 Å². The Morgan fingerprint density at radius 1 is 1.16 bits per heavy atom. The van der Waals surface area contributed by atoms with E-state index in [9.17, 15) is 9.90 Å². The molecule has 0 aliphatic heterocycles. The molecule has 0 amide bonds. The molecule has 0 saturated carbocycles. The van der Waals surface area contributed by atoms with Gasteiger partial charge in [0.2, 0.25) is 0 Å². The summed E-state index contributed by atoms with van der Waals surface area (Å²) >= 11 is 0. The van der Waals surface area contributed by atoms with E-state index in [0.29, 0.717) is 17.0 Å². The summed E-state index contributed by atoms with van der Waals surface area (Å²) in [6, 6.07) is 10.7. The number of aryl methyl sites for hydroxylation is 1. The monoisotopic (exact) mass is 253 g/mol. The first-order chi connectivity index (χ1) is 9.16. The molecule has 1 heterocycles. The molecule has 0 unspecified atom stereocenters. The minimum atomic E-state index is -0.934. The lowest BCUT2D eigenvalue weighted by molar-refractivity contribution is 0.0699. The summed E-state index contributed by atoms with van der Waals surface area (Å²) in [7, 11) is 0. The zero-order chi connectivity index (χ0) is 13.4. The van der Waals surface area contributed by atoms with E-state index >= 15 is 0 Å². The predicted octanol–water partition coefficient (Wildman–Crippen LogP) is 3.50. The van der Waals surface area contributed by atoms with Gasteiger partial charge in [-0.2, -0.15) is 0 Å². The SMILES string of the molecule is Cc1ncc(-c2cccc3c(C(=O)O)cccc23)o1. The summed E-state index contributed by atoms with van der Waals surface area (Å²) in [5.41, 5.74) is 1.14. The van der Waals surface area contributed by atoms with Crippen LogP contribution in [0.2, 0.25) is 0 Å². The molecular weight excluding hydrogens is 242 g/mol. The first-order valence-corrected chi connectivity index (χ1v) is 5.84. The number of carboxylic acid groups (broad SMARTS) is 1. The maximum atomic E-state index is 11.2. The summed E-state index contributed by atoms with van der Waals surface area (Å²) < 4.78 is 5.52. The molecule has 0 radical (unpaired) electrons. The number of benzene rings is 2. The Morgan fingerprint density at radius 3 is 2.58 bits per heavy atom. The van der Waals surface area contributed by atoms with Crippen LogP contribution in [0.3, 0.4) is 0 Å². The van der Waals surface area contributed by atoms with Crippen LogP contribution in [0.5, 0.6) is 0 Å². The van der Waals surface area contributed by atoms with Crippen molar-refractivity contribution in [2.24, 2.45) is 0 Å². The highest BCUT2D eigenvalue weighted by Gasteiger charge is 2.12. The van der Waals surface area contributed by atoms with E-state index in [1.165, 1.54) is 0 Å². The third-order valence-corrected chi connectivity index (χ3v) is 3.04. The molecule has 3 aromatic rings. The van der Waals surface area contributed by atoms with E-state index in [1.54, 1.807) is 31.3 Å². The van der Waals surface area contributed by atoms with E-state index in [-0.39, 0.29) is 5.56 Å². The van der Waals surface area contributed by atoms with Gasteiger partial charge >= 0.3 is 5.97 Å². The van der Waals surface area contributed by atoms with Crippen molar-refractivity contribution in [2.45, 2.75) is 6.92 Å². The number of hydrogen-bond donors (Lipinski definition) is 1. The van der Waals surface area contributed by atoms with E-state index in [1.807, 2.05) is 18.2 Å². The summed E-state index contributed by atoms with van der Waals surface area (Å²) in [6.45, 7) is 1.78. The number of carbonyl (C=O) groups is 1. The van der Waals surface area contributed by atoms with Gasteiger partial charge in [0.05, 0.1) is 11.8 Å². The van der Waals surface area contributed by atoms with Gasteiger partial charge in [-0.15, -0.1) is 0 Å². The smallest absolute Gasteiger partial charge is 0.336 e. The van der Waals surface area contributed by atoms with Gasteiger partial charge in [0.15, 0.2) is 11.7 Å². The number of fused-ring (bicyclic) bond motifs is 1. The first kappa shape index (κ1) is 11.5. The minimum Gasteiger partial charge on any atom is -0.478 e. The number of hydrogen-bond acceptors (Lipinski definition) is 3. The van der Waals surface area contributed by atoms with Crippen LogP contribution in [0, 0.1) is 6.92 Å². The third-order valence-electron chi connectivity index (χ3n) is 3.04. The maximum Gasteiger partial charge on any atom is 0.336 e. The fraction of sp³-hybridized carbons (Fsp3) is 0.0667. The van der Waals surface area contributed by atoms with Gasteiger partial charge < -0.3 is 9.52 Å². The van der Waals surface area contributed by atoms with Gasteiger partial charge in [0.1, 0.15) is 0 Å². The van der Waals surface area contributed by atoms with Crippen molar-refractivity contribution in [3.05, 3.63) is 54.0 Å². The Bertz CT molecular complexity index is 774. The largest absolute Gasteiger partial charge is 0.478 e. The second-order valence-corrected chi connectivity index (χ2v) is 4.25. The zero-order valence-electron chi connectivity index (χ0n) is 10.3. The number of rotatable bonds is 2. The number of carboxylic acids is 1. The molecule has 1 aromatic heterocycles. The van der Waals surface area contributed by atoms with E-state index < -0.39 is 5.97 Å². The van der Waals surface area contributed by atoms with Crippen LogP contribution in [0.4, 0.5) is 0 Å². The standard InChI is InChI=1S/C15H11NO3/c1-9-16-8-14(19-9)12-6-2-5-11-10(12)4-3-7-13(11)15(17)18/h2-8H,1H3,(H,17,18). The molecule has 0 saturated heterocycles. The summed E-state index contributed by atoms with van der Waals surface area (Å²) in [5, 5.41) is 10.8. The molecule has 1 N–H and O–H groups in total. The molecule has 4 heteroatoms. The molecule has 19 heavy (non-hydrogen) atoms. The Kier molecular flexibility index (Phi) is 2.56. The van der Waals surface area contributed by atoms with Crippen molar-refractivity contribution >= 4 is 16.7 Å². The minimum absolute atomic E-state index is 0.288. The van der Waals surface area contributed by atoms with Crippen LogP contribution in [-0.4, -0.2) is 16.1 Å². The van der Waals surface area contributed by atoms with Gasteiger partial charge in [-0.25, -0.2) is 9.78 Å². The topological polar surface area (TPSA) is 63.3 Å².